The van der Waals surface area contributed by atoms with Crippen LogP contribution >= 0.6 is 11.3 Å². The van der Waals surface area contributed by atoms with Crippen LogP contribution in [0.1, 0.15) is 70.7 Å². The second-order valence-electron chi connectivity index (χ2n) is 11.6. The standard InChI is InChI=1S/C29H41N5O6S/c1-17(19-9-11-20(12-10-19)24-18(2)31-16-41-24)32-26(37)22-14-21(35)15-34(22)27(38)25(29(3,4)5)33-23(36)8-6-7-13-30-28(39)40/h9-12,16-17,21-22,25,30,35H,6-8,13-15H2,1-5H3,(H,32,37)(H,33,36)(H,39,40)/t17?,21-,22+,25?/m1/s1. The van der Waals surface area contributed by atoms with Crippen molar-refractivity contribution in [1.29, 1.82) is 0 Å². The van der Waals surface area contributed by atoms with E-state index in [-0.39, 0.29) is 43.8 Å². The van der Waals surface area contributed by atoms with E-state index in [9.17, 15) is 24.3 Å². The van der Waals surface area contributed by atoms with Gasteiger partial charge in [-0.1, -0.05) is 45.0 Å². The van der Waals surface area contributed by atoms with Crippen molar-refractivity contribution in [3.05, 3.63) is 41.0 Å². The summed E-state index contributed by atoms with van der Waals surface area (Å²) < 4.78 is 0. The Bertz CT molecular complexity index is 1230. The molecule has 1 saturated heterocycles. The Balaban J connectivity index is 1.64. The first-order chi connectivity index (χ1) is 19.3. The molecule has 2 unspecified atom stereocenters. The number of benzene rings is 1. The lowest BCUT2D eigenvalue weighted by atomic mass is 9.85. The predicted molar refractivity (Wildman–Crippen MR) is 156 cm³/mol. The molecule has 1 aliphatic heterocycles. The maximum Gasteiger partial charge on any atom is 0.404 e. The number of thiazole rings is 1. The lowest BCUT2D eigenvalue weighted by molar-refractivity contribution is -0.144. The monoisotopic (exact) mass is 587 g/mol. The largest absolute Gasteiger partial charge is 0.465 e. The van der Waals surface area contributed by atoms with Crippen LogP contribution in [0.4, 0.5) is 4.79 Å². The van der Waals surface area contributed by atoms with E-state index in [0.717, 1.165) is 21.7 Å². The van der Waals surface area contributed by atoms with E-state index in [0.29, 0.717) is 12.8 Å². The molecule has 2 aromatic rings. The van der Waals surface area contributed by atoms with Crippen molar-refractivity contribution in [3.63, 3.8) is 0 Å². The number of carboxylic acid groups (broad SMARTS) is 1. The summed E-state index contributed by atoms with van der Waals surface area (Å²) in [7, 11) is 0. The minimum absolute atomic E-state index is 0.00247. The summed E-state index contributed by atoms with van der Waals surface area (Å²) in [6.07, 6.45) is -0.798. The minimum atomic E-state index is -1.12. The number of hydrogen-bond donors (Lipinski definition) is 5. The van der Waals surface area contributed by atoms with E-state index >= 15 is 0 Å². The van der Waals surface area contributed by atoms with Gasteiger partial charge in [-0.15, -0.1) is 11.3 Å². The molecule has 4 atom stereocenters. The second-order valence-corrected chi connectivity index (χ2v) is 12.4. The van der Waals surface area contributed by atoms with Gasteiger partial charge in [0, 0.05) is 25.9 Å². The number of likely N-dealkylation sites (tertiary alicyclic amines) is 1. The van der Waals surface area contributed by atoms with Gasteiger partial charge in [0.2, 0.25) is 17.7 Å². The minimum Gasteiger partial charge on any atom is -0.465 e. The summed E-state index contributed by atoms with van der Waals surface area (Å²) in [5.41, 5.74) is 4.07. The Morgan fingerprint density at radius 3 is 2.39 bits per heavy atom. The first-order valence-corrected chi connectivity index (χ1v) is 14.7. The predicted octanol–water partition coefficient (Wildman–Crippen LogP) is 3.23. The highest BCUT2D eigenvalue weighted by Gasteiger charge is 2.44. The van der Waals surface area contributed by atoms with E-state index in [1.807, 2.05) is 64.4 Å². The number of carbonyl (C=O) groups is 4. The van der Waals surface area contributed by atoms with Crippen molar-refractivity contribution >= 4 is 35.2 Å². The molecule has 11 nitrogen and oxygen atoms in total. The fourth-order valence-corrected chi connectivity index (χ4v) is 5.67. The highest BCUT2D eigenvalue weighted by atomic mass is 32.1. The van der Waals surface area contributed by atoms with Crippen LogP contribution in [-0.2, 0) is 14.4 Å². The van der Waals surface area contributed by atoms with Gasteiger partial charge in [0.1, 0.15) is 12.1 Å². The number of aryl methyl sites for hydroxylation is 1. The van der Waals surface area contributed by atoms with Gasteiger partial charge in [-0.2, -0.15) is 0 Å². The average molecular weight is 588 g/mol. The molecule has 1 aromatic heterocycles. The number of unbranched alkanes of at least 4 members (excludes halogenated alkanes) is 1. The van der Waals surface area contributed by atoms with E-state index in [1.165, 1.54) is 4.90 Å². The molecule has 224 valence electrons. The van der Waals surface area contributed by atoms with Crippen LogP contribution in [-0.4, -0.2) is 75.2 Å². The Morgan fingerprint density at radius 1 is 1.12 bits per heavy atom. The van der Waals surface area contributed by atoms with Crippen molar-refractivity contribution < 1.29 is 29.4 Å². The third-order valence-corrected chi connectivity index (χ3v) is 8.14. The summed E-state index contributed by atoms with van der Waals surface area (Å²) in [4.78, 5) is 57.1. The average Bonchev–Trinajstić information content (AvgIpc) is 3.51. The van der Waals surface area contributed by atoms with Crippen LogP contribution in [0.25, 0.3) is 10.4 Å². The number of hydrogen-bond acceptors (Lipinski definition) is 7. The Labute approximate surface area is 244 Å². The normalized spacial score (nSPS) is 18.4. The summed E-state index contributed by atoms with van der Waals surface area (Å²) in [6.45, 7) is 9.55. The van der Waals surface area contributed by atoms with Crippen LogP contribution in [0.5, 0.6) is 0 Å². The number of nitrogens with zero attached hydrogens (tertiary/aromatic N) is 2. The number of nitrogens with one attached hydrogen (secondary N) is 3. The number of carbonyl (C=O) groups excluding carboxylic acids is 3. The molecule has 4 amide bonds. The molecule has 1 aliphatic rings. The lowest BCUT2D eigenvalue weighted by Gasteiger charge is -2.35. The number of aromatic nitrogens is 1. The van der Waals surface area contributed by atoms with Crippen molar-refractivity contribution in [2.75, 3.05) is 13.1 Å². The molecule has 3 rings (SSSR count). The molecule has 1 fully saturated rings. The number of amides is 4. The Morgan fingerprint density at radius 2 is 1.80 bits per heavy atom. The third-order valence-electron chi connectivity index (χ3n) is 7.17. The SMILES string of the molecule is Cc1ncsc1-c1ccc(C(C)NC(=O)[C@@H]2C[C@@H](O)CN2C(=O)C(NC(=O)CCCCNC(=O)O)C(C)(C)C)cc1. The van der Waals surface area contributed by atoms with Crippen LogP contribution in [0.15, 0.2) is 29.8 Å². The first-order valence-electron chi connectivity index (χ1n) is 13.8. The topological polar surface area (TPSA) is 161 Å². The van der Waals surface area contributed by atoms with Crippen LogP contribution in [0, 0.1) is 12.3 Å². The van der Waals surface area contributed by atoms with E-state index < -0.39 is 35.6 Å². The molecule has 2 heterocycles. The lowest BCUT2D eigenvalue weighted by Crippen LogP contribution is -2.57. The fourth-order valence-electron chi connectivity index (χ4n) is 4.85. The molecule has 0 bridgehead atoms. The van der Waals surface area contributed by atoms with Crippen LogP contribution < -0.4 is 16.0 Å². The van der Waals surface area contributed by atoms with Crippen molar-refractivity contribution in [3.8, 4) is 10.4 Å². The first kappa shape index (κ1) is 32.0. The maximum atomic E-state index is 13.7. The fraction of sp³-hybridized carbons (Fsp3) is 0.552. The smallest absolute Gasteiger partial charge is 0.404 e. The molecule has 0 aliphatic carbocycles. The zero-order valence-electron chi connectivity index (χ0n) is 24.3. The molecule has 1 aromatic carbocycles. The summed E-state index contributed by atoms with van der Waals surface area (Å²) in [5.74, 6) is -1.12. The van der Waals surface area contributed by atoms with Gasteiger partial charge < -0.3 is 31.1 Å². The highest BCUT2D eigenvalue weighted by molar-refractivity contribution is 7.13. The van der Waals surface area contributed by atoms with E-state index in [4.69, 9.17) is 5.11 Å². The number of aliphatic hydroxyl groups excluding tert-OH is 1. The van der Waals surface area contributed by atoms with E-state index in [1.54, 1.807) is 11.3 Å². The highest BCUT2D eigenvalue weighted by Crippen LogP contribution is 2.29. The number of aliphatic hydroxyl groups is 1. The van der Waals surface area contributed by atoms with Crippen LogP contribution in [0.3, 0.4) is 0 Å². The summed E-state index contributed by atoms with van der Waals surface area (Å²) >= 11 is 1.57. The van der Waals surface area contributed by atoms with Gasteiger partial charge in [-0.25, -0.2) is 9.78 Å². The zero-order valence-corrected chi connectivity index (χ0v) is 25.1. The summed E-state index contributed by atoms with van der Waals surface area (Å²) in [6, 6.07) is 5.78. The molecule has 0 spiro atoms. The second kappa shape index (κ2) is 13.9. The van der Waals surface area contributed by atoms with Gasteiger partial charge in [0.05, 0.1) is 28.2 Å². The van der Waals surface area contributed by atoms with Gasteiger partial charge in [0.15, 0.2) is 0 Å². The summed E-state index contributed by atoms with van der Waals surface area (Å²) in [5, 5.41) is 27.1. The van der Waals surface area contributed by atoms with Gasteiger partial charge in [0.25, 0.3) is 0 Å². The van der Waals surface area contributed by atoms with Gasteiger partial charge in [-0.3, -0.25) is 14.4 Å². The van der Waals surface area contributed by atoms with Crippen molar-refractivity contribution in [2.24, 2.45) is 5.41 Å². The van der Waals surface area contributed by atoms with Crippen molar-refractivity contribution in [2.45, 2.75) is 84.5 Å². The molecule has 5 N–H and O–H groups in total. The number of rotatable bonds is 11. The molecular weight excluding hydrogens is 546 g/mol. The number of β-amino-alcohol motifs (C(OH)–C–C–N with tert-alkyl or cyclic N) is 1. The third kappa shape index (κ3) is 8.74. The molecule has 0 saturated carbocycles. The molecular formula is C29H41N5O6S. The van der Waals surface area contributed by atoms with Crippen LogP contribution in [0.2, 0.25) is 0 Å². The maximum absolute atomic E-state index is 13.7. The molecule has 0 radical (unpaired) electrons. The van der Waals surface area contributed by atoms with E-state index in [2.05, 4.69) is 20.9 Å². The Kier molecular flexibility index (Phi) is 10.9. The van der Waals surface area contributed by atoms with Crippen molar-refractivity contribution in [1.82, 2.24) is 25.8 Å². The van der Waals surface area contributed by atoms with Gasteiger partial charge >= 0.3 is 6.09 Å². The van der Waals surface area contributed by atoms with Gasteiger partial charge in [-0.05, 0) is 43.2 Å². The Hall–Kier alpha value is -3.51. The molecule has 41 heavy (non-hydrogen) atoms. The zero-order chi connectivity index (χ0) is 30.3. The quantitative estimate of drug-likeness (QED) is 0.252. The molecule has 12 heteroatoms.